The lowest BCUT2D eigenvalue weighted by molar-refractivity contribution is -0.121. The number of nitrogens with zero attached hydrogens (tertiary/aromatic N) is 1. The quantitative estimate of drug-likeness (QED) is 0.386. The first-order valence-electron chi connectivity index (χ1n) is 9.79. The van der Waals surface area contributed by atoms with Crippen LogP contribution in [0.2, 0.25) is 10.0 Å². The van der Waals surface area contributed by atoms with Crippen LogP contribution in [0, 0.1) is 0 Å². The van der Waals surface area contributed by atoms with Crippen molar-refractivity contribution in [3.63, 3.8) is 0 Å². The van der Waals surface area contributed by atoms with Gasteiger partial charge in [0.25, 0.3) is 0 Å². The van der Waals surface area contributed by atoms with Gasteiger partial charge < -0.3 is 10.3 Å². The number of amides is 1. The molecule has 0 aliphatic carbocycles. The van der Waals surface area contributed by atoms with Crippen LogP contribution < -0.4 is 5.32 Å². The predicted molar refractivity (Wildman–Crippen MR) is 122 cm³/mol. The molecule has 152 valence electrons. The Labute approximate surface area is 185 Å². The molecule has 2 heterocycles. The number of benzene rings is 2. The minimum absolute atomic E-state index is 0.0118. The first-order valence-corrected chi connectivity index (χ1v) is 10.5. The largest absolute Gasteiger partial charge is 0.361 e. The number of hydrogen-bond acceptors (Lipinski definition) is 2. The van der Waals surface area contributed by atoms with Crippen molar-refractivity contribution in [3.05, 3.63) is 99.9 Å². The number of fused-ring (bicyclic) bond motifs is 1. The first kappa shape index (κ1) is 20.5. The monoisotopic (exact) mass is 437 g/mol. The number of H-pyrrole nitrogens is 1. The summed E-state index contributed by atoms with van der Waals surface area (Å²) in [5.41, 5.74) is 4.01. The highest BCUT2D eigenvalue weighted by Gasteiger charge is 2.21. The van der Waals surface area contributed by atoms with E-state index in [2.05, 4.69) is 15.3 Å². The summed E-state index contributed by atoms with van der Waals surface area (Å²) in [7, 11) is 0. The van der Waals surface area contributed by atoms with E-state index in [0.29, 0.717) is 29.4 Å². The van der Waals surface area contributed by atoms with Crippen molar-refractivity contribution in [2.45, 2.75) is 18.8 Å². The smallest absolute Gasteiger partial charge is 0.220 e. The topological polar surface area (TPSA) is 57.8 Å². The number of rotatable bonds is 7. The predicted octanol–water partition coefficient (Wildman–Crippen LogP) is 5.75. The molecule has 6 heteroatoms. The van der Waals surface area contributed by atoms with E-state index in [1.807, 2.05) is 66.9 Å². The molecule has 4 rings (SSSR count). The maximum Gasteiger partial charge on any atom is 0.220 e. The van der Waals surface area contributed by atoms with E-state index >= 15 is 0 Å². The third-order valence-corrected chi connectivity index (χ3v) is 5.63. The van der Waals surface area contributed by atoms with E-state index in [1.54, 1.807) is 6.20 Å². The third kappa shape index (κ3) is 4.84. The summed E-state index contributed by atoms with van der Waals surface area (Å²) >= 11 is 12.3. The number of carbonyl (C=O) groups excluding carboxylic acids is 1. The van der Waals surface area contributed by atoms with Crippen molar-refractivity contribution in [3.8, 4) is 0 Å². The fourth-order valence-electron chi connectivity index (χ4n) is 3.64. The minimum atomic E-state index is -0.121. The average Bonchev–Trinajstić information content (AvgIpc) is 3.16. The maximum absolute atomic E-state index is 12.8. The Kier molecular flexibility index (Phi) is 6.36. The molecule has 0 saturated carbocycles. The van der Waals surface area contributed by atoms with Gasteiger partial charge >= 0.3 is 0 Å². The second-order valence-electron chi connectivity index (χ2n) is 7.16. The highest BCUT2D eigenvalue weighted by Crippen LogP contribution is 2.35. The molecule has 0 unspecified atom stereocenters. The number of carbonyl (C=O) groups is 1. The molecule has 0 aliphatic heterocycles. The van der Waals surface area contributed by atoms with E-state index in [-0.39, 0.29) is 11.8 Å². The highest BCUT2D eigenvalue weighted by atomic mass is 35.5. The van der Waals surface area contributed by atoms with Crippen molar-refractivity contribution in [2.75, 3.05) is 6.54 Å². The number of nitrogens with one attached hydrogen (secondary N) is 2. The van der Waals surface area contributed by atoms with E-state index in [9.17, 15) is 4.79 Å². The van der Waals surface area contributed by atoms with Crippen LogP contribution in [0.15, 0.2) is 73.1 Å². The van der Waals surface area contributed by atoms with Gasteiger partial charge in [-0.15, -0.1) is 0 Å². The van der Waals surface area contributed by atoms with E-state index in [0.717, 1.165) is 27.7 Å². The zero-order valence-electron chi connectivity index (χ0n) is 16.2. The Bertz CT molecular complexity index is 1140. The Balaban J connectivity index is 1.55. The van der Waals surface area contributed by atoms with E-state index in [1.165, 1.54) is 0 Å². The zero-order valence-corrected chi connectivity index (χ0v) is 17.8. The average molecular weight is 438 g/mol. The summed E-state index contributed by atoms with van der Waals surface area (Å²) in [6.45, 7) is 0.545. The van der Waals surface area contributed by atoms with Crippen LogP contribution in [0.4, 0.5) is 0 Å². The van der Waals surface area contributed by atoms with Crippen LogP contribution in [-0.4, -0.2) is 22.4 Å². The Morgan fingerprint density at radius 1 is 1.03 bits per heavy atom. The van der Waals surface area contributed by atoms with Crippen molar-refractivity contribution >= 4 is 40.0 Å². The van der Waals surface area contributed by atoms with E-state index < -0.39 is 0 Å². The molecular formula is C24H21Cl2N3O. The van der Waals surface area contributed by atoms with Crippen molar-refractivity contribution in [2.24, 2.45) is 0 Å². The molecule has 4 aromatic rings. The van der Waals surface area contributed by atoms with Gasteiger partial charge in [0.05, 0.1) is 0 Å². The second kappa shape index (κ2) is 9.33. The van der Waals surface area contributed by atoms with Gasteiger partial charge in [0.15, 0.2) is 0 Å². The summed E-state index contributed by atoms with van der Waals surface area (Å²) in [4.78, 5) is 20.4. The van der Waals surface area contributed by atoms with Crippen molar-refractivity contribution < 1.29 is 4.79 Å². The van der Waals surface area contributed by atoms with Gasteiger partial charge in [0, 0.05) is 64.3 Å². The van der Waals surface area contributed by atoms with Gasteiger partial charge in [-0.1, -0.05) is 41.4 Å². The van der Waals surface area contributed by atoms with Gasteiger partial charge in [0.1, 0.15) is 0 Å². The Morgan fingerprint density at radius 2 is 1.83 bits per heavy atom. The molecule has 0 aliphatic rings. The van der Waals surface area contributed by atoms with Gasteiger partial charge in [-0.2, -0.15) is 0 Å². The number of hydrogen-bond donors (Lipinski definition) is 2. The molecule has 4 nitrogen and oxygen atoms in total. The van der Waals surface area contributed by atoms with Crippen LogP contribution >= 0.6 is 23.2 Å². The molecule has 0 saturated heterocycles. The highest BCUT2D eigenvalue weighted by molar-refractivity contribution is 6.31. The first-order chi connectivity index (χ1) is 14.6. The fourth-order valence-corrected chi connectivity index (χ4v) is 3.94. The maximum atomic E-state index is 12.8. The van der Waals surface area contributed by atoms with Gasteiger partial charge in [-0.05, 0) is 53.6 Å². The molecule has 0 spiro atoms. The van der Waals surface area contributed by atoms with Gasteiger partial charge in [-0.25, -0.2) is 0 Å². The van der Waals surface area contributed by atoms with E-state index in [4.69, 9.17) is 23.2 Å². The molecule has 0 bridgehead atoms. The SMILES string of the molecule is O=C(C[C@H](c1ccc(Cl)cc1)c1c[nH]c2ccc(Cl)cc12)NCCc1ccccn1. The van der Waals surface area contributed by atoms with Crippen LogP contribution in [0.1, 0.15) is 29.2 Å². The van der Waals surface area contributed by atoms with Crippen LogP contribution in [-0.2, 0) is 11.2 Å². The number of aromatic amines is 1. The molecule has 2 aromatic carbocycles. The summed E-state index contributed by atoms with van der Waals surface area (Å²) in [6, 6.07) is 19.2. The number of pyridine rings is 1. The Morgan fingerprint density at radius 3 is 2.60 bits per heavy atom. The summed E-state index contributed by atoms with van der Waals surface area (Å²) in [5.74, 6) is -0.133. The van der Waals surface area contributed by atoms with Crippen molar-refractivity contribution in [1.82, 2.24) is 15.3 Å². The lowest BCUT2D eigenvalue weighted by Crippen LogP contribution is -2.27. The lowest BCUT2D eigenvalue weighted by atomic mass is 9.88. The standard InChI is InChI=1S/C24H21Cl2N3O/c25-17-6-4-16(5-7-17)20(22-15-29-23-9-8-18(26)13-21(22)23)14-24(30)28-12-10-19-3-1-2-11-27-19/h1-9,11,13,15,20,29H,10,12,14H2,(H,28,30)/t20-/m1/s1. The Hall–Kier alpha value is -2.82. The summed E-state index contributed by atoms with van der Waals surface area (Å²) in [6.07, 6.45) is 4.74. The molecule has 0 radical (unpaired) electrons. The van der Waals surface area contributed by atoms with Crippen LogP contribution in [0.5, 0.6) is 0 Å². The lowest BCUT2D eigenvalue weighted by Gasteiger charge is -2.17. The fraction of sp³-hybridized carbons (Fsp3) is 0.167. The zero-order chi connectivity index (χ0) is 20.9. The minimum Gasteiger partial charge on any atom is -0.361 e. The molecular weight excluding hydrogens is 417 g/mol. The summed E-state index contributed by atoms with van der Waals surface area (Å²) < 4.78 is 0. The third-order valence-electron chi connectivity index (χ3n) is 5.14. The molecule has 2 N–H and O–H groups in total. The van der Waals surface area contributed by atoms with Crippen LogP contribution in [0.3, 0.4) is 0 Å². The van der Waals surface area contributed by atoms with Crippen molar-refractivity contribution in [1.29, 1.82) is 0 Å². The van der Waals surface area contributed by atoms with Gasteiger partial charge in [0.2, 0.25) is 5.91 Å². The molecule has 2 aromatic heterocycles. The van der Waals surface area contributed by atoms with Crippen LogP contribution in [0.25, 0.3) is 10.9 Å². The number of aromatic nitrogens is 2. The second-order valence-corrected chi connectivity index (χ2v) is 8.04. The van der Waals surface area contributed by atoms with Gasteiger partial charge in [-0.3, -0.25) is 9.78 Å². The normalized spacial score (nSPS) is 12.1. The molecule has 1 atom stereocenters. The molecule has 0 fully saturated rings. The molecule has 30 heavy (non-hydrogen) atoms. The summed E-state index contributed by atoms with van der Waals surface area (Å²) in [5, 5.41) is 5.37. The molecule has 1 amide bonds. The number of halogens is 2.